The Labute approximate surface area is 125 Å². The third-order valence-corrected chi connectivity index (χ3v) is 3.47. The summed E-state index contributed by atoms with van der Waals surface area (Å²) in [6.07, 6.45) is 0. The molecule has 0 atom stereocenters. The molecule has 3 N–H and O–H groups in total. The van der Waals surface area contributed by atoms with Gasteiger partial charge in [-0.25, -0.2) is 4.79 Å². The van der Waals surface area contributed by atoms with Crippen molar-refractivity contribution in [1.82, 2.24) is 9.97 Å². The van der Waals surface area contributed by atoms with E-state index in [2.05, 4.69) is 15.3 Å². The number of hydrogen-bond acceptors (Lipinski definition) is 2. The SMILES string of the molecule is Cc1cc2[nH]c(=O)[nH]c2cc1NC(=O)c1ccc(Cl)cc1. The Hall–Kier alpha value is -2.53. The van der Waals surface area contributed by atoms with Crippen LogP contribution in [-0.2, 0) is 0 Å². The van der Waals surface area contributed by atoms with Gasteiger partial charge in [0.2, 0.25) is 0 Å². The van der Waals surface area contributed by atoms with Crippen molar-refractivity contribution in [2.45, 2.75) is 6.92 Å². The summed E-state index contributed by atoms with van der Waals surface area (Å²) < 4.78 is 0. The van der Waals surface area contributed by atoms with Crippen molar-refractivity contribution in [3.8, 4) is 0 Å². The molecule has 0 fully saturated rings. The van der Waals surface area contributed by atoms with Gasteiger partial charge in [0.15, 0.2) is 0 Å². The van der Waals surface area contributed by atoms with Gasteiger partial charge in [0.05, 0.1) is 11.0 Å². The largest absolute Gasteiger partial charge is 0.323 e. The van der Waals surface area contributed by atoms with Crippen molar-refractivity contribution in [2.75, 3.05) is 5.32 Å². The molecule has 0 aliphatic carbocycles. The maximum Gasteiger partial charge on any atom is 0.323 e. The Morgan fingerprint density at radius 1 is 1.10 bits per heavy atom. The van der Waals surface area contributed by atoms with Gasteiger partial charge in [0.1, 0.15) is 0 Å². The van der Waals surface area contributed by atoms with E-state index in [1.54, 1.807) is 30.3 Å². The van der Waals surface area contributed by atoms with Gasteiger partial charge in [0.25, 0.3) is 5.91 Å². The third-order valence-electron chi connectivity index (χ3n) is 3.22. The Balaban J connectivity index is 1.93. The number of benzene rings is 2. The average molecular weight is 302 g/mol. The molecule has 0 aliphatic rings. The van der Waals surface area contributed by atoms with E-state index in [0.717, 1.165) is 5.56 Å². The van der Waals surface area contributed by atoms with Gasteiger partial charge in [-0.3, -0.25) is 4.79 Å². The molecular weight excluding hydrogens is 290 g/mol. The highest BCUT2D eigenvalue weighted by atomic mass is 35.5. The minimum atomic E-state index is -0.273. The Morgan fingerprint density at radius 3 is 2.38 bits per heavy atom. The molecule has 0 bridgehead atoms. The van der Waals surface area contributed by atoms with Crippen LogP contribution in [0.2, 0.25) is 5.02 Å². The van der Waals surface area contributed by atoms with Crippen LogP contribution < -0.4 is 11.0 Å². The number of halogens is 1. The molecule has 1 aromatic heterocycles. The van der Waals surface area contributed by atoms with Crippen LogP contribution in [0.4, 0.5) is 5.69 Å². The lowest BCUT2D eigenvalue weighted by Crippen LogP contribution is -2.12. The Bertz CT molecular complexity index is 878. The fraction of sp³-hybridized carbons (Fsp3) is 0.0667. The molecule has 2 aromatic carbocycles. The van der Waals surface area contributed by atoms with Crippen molar-refractivity contribution < 1.29 is 4.79 Å². The summed E-state index contributed by atoms with van der Waals surface area (Å²) in [5, 5.41) is 3.41. The number of amides is 1. The highest BCUT2D eigenvalue weighted by Crippen LogP contribution is 2.21. The van der Waals surface area contributed by atoms with E-state index in [1.165, 1.54) is 0 Å². The second kappa shape index (κ2) is 5.10. The van der Waals surface area contributed by atoms with Crippen LogP contribution >= 0.6 is 11.6 Å². The number of hydrogen-bond donors (Lipinski definition) is 3. The average Bonchev–Trinajstić information content (AvgIpc) is 2.79. The quantitative estimate of drug-likeness (QED) is 0.680. The van der Waals surface area contributed by atoms with E-state index in [0.29, 0.717) is 27.3 Å². The molecule has 0 unspecified atom stereocenters. The van der Waals surface area contributed by atoms with Crippen LogP contribution in [0.3, 0.4) is 0 Å². The third kappa shape index (κ3) is 2.68. The van der Waals surface area contributed by atoms with Crippen LogP contribution in [0.15, 0.2) is 41.2 Å². The van der Waals surface area contributed by atoms with Crippen molar-refractivity contribution in [2.24, 2.45) is 0 Å². The molecule has 5 nitrogen and oxygen atoms in total. The Morgan fingerprint density at radius 2 is 1.71 bits per heavy atom. The van der Waals surface area contributed by atoms with Gasteiger partial charge in [-0.05, 0) is 48.9 Å². The number of anilines is 1. The molecular formula is C15H12ClN3O2. The second-order valence-electron chi connectivity index (χ2n) is 4.75. The molecule has 106 valence electrons. The molecule has 21 heavy (non-hydrogen) atoms. The van der Waals surface area contributed by atoms with Crippen LogP contribution in [0.25, 0.3) is 11.0 Å². The van der Waals surface area contributed by atoms with E-state index in [-0.39, 0.29) is 11.6 Å². The van der Waals surface area contributed by atoms with Crippen LogP contribution in [0, 0.1) is 6.92 Å². The van der Waals surface area contributed by atoms with E-state index in [4.69, 9.17) is 11.6 Å². The second-order valence-corrected chi connectivity index (χ2v) is 5.19. The van der Waals surface area contributed by atoms with Gasteiger partial charge < -0.3 is 15.3 Å². The smallest absolute Gasteiger partial charge is 0.322 e. The van der Waals surface area contributed by atoms with Gasteiger partial charge in [-0.1, -0.05) is 11.6 Å². The number of rotatable bonds is 2. The number of carbonyl (C=O) groups is 1. The molecule has 0 radical (unpaired) electrons. The summed E-state index contributed by atoms with van der Waals surface area (Å²) in [5.74, 6) is -0.230. The minimum absolute atomic E-state index is 0.230. The van der Waals surface area contributed by atoms with Crippen molar-refractivity contribution in [1.29, 1.82) is 0 Å². The first kappa shape index (κ1) is 13.5. The van der Waals surface area contributed by atoms with Gasteiger partial charge in [-0.15, -0.1) is 0 Å². The lowest BCUT2D eigenvalue weighted by atomic mass is 10.1. The number of fused-ring (bicyclic) bond motifs is 1. The zero-order valence-electron chi connectivity index (χ0n) is 11.2. The van der Waals surface area contributed by atoms with Crippen LogP contribution in [0.5, 0.6) is 0 Å². The molecule has 6 heteroatoms. The number of aromatic amines is 2. The number of H-pyrrole nitrogens is 2. The molecule has 1 heterocycles. The number of aromatic nitrogens is 2. The highest BCUT2D eigenvalue weighted by molar-refractivity contribution is 6.30. The lowest BCUT2D eigenvalue weighted by molar-refractivity contribution is 0.102. The summed E-state index contributed by atoms with van der Waals surface area (Å²) >= 11 is 5.80. The standard InChI is InChI=1S/C15H12ClN3O2/c1-8-6-12-13(19-15(21)18-12)7-11(8)17-14(20)9-2-4-10(16)5-3-9/h2-7H,1H3,(H,17,20)(H2,18,19,21). The molecule has 1 amide bonds. The summed E-state index contributed by atoms with van der Waals surface area (Å²) in [6, 6.07) is 10.2. The molecule has 3 aromatic rings. The summed E-state index contributed by atoms with van der Waals surface area (Å²) in [5.41, 5.74) is 3.11. The van der Waals surface area contributed by atoms with E-state index < -0.39 is 0 Å². The molecule has 3 rings (SSSR count). The maximum atomic E-state index is 12.2. The van der Waals surface area contributed by atoms with Gasteiger partial charge in [-0.2, -0.15) is 0 Å². The minimum Gasteiger partial charge on any atom is -0.322 e. The first-order chi connectivity index (χ1) is 10.0. The number of imidazole rings is 1. The lowest BCUT2D eigenvalue weighted by Gasteiger charge is -2.08. The van der Waals surface area contributed by atoms with Crippen LogP contribution in [0.1, 0.15) is 15.9 Å². The van der Waals surface area contributed by atoms with Gasteiger partial charge >= 0.3 is 5.69 Å². The molecule has 0 spiro atoms. The Kier molecular flexibility index (Phi) is 3.27. The summed E-state index contributed by atoms with van der Waals surface area (Å²) in [6.45, 7) is 1.86. The molecule has 0 saturated heterocycles. The maximum absolute atomic E-state index is 12.2. The summed E-state index contributed by atoms with van der Waals surface area (Å²) in [7, 11) is 0. The normalized spacial score (nSPS) is 10.8. The predicted octanol–water partition coefficient (Wildman–Crippen LogP) is 3.07. The van der Waals surface area contributed by atoms with Crippen molar-refractivity contribution in [3.05, 3.63) is 63.0 Å². The first-order valence-electron chi connectivity index (χ1n) is 6.32. The fourth-order valence-corrected chi connectivity index (χ4v) is 2.25. The first-order valence-corrected chi connectivity index (χ1v) is 6.70. The number of nitrogens with one attached hydrogen (secondary N) is 3. The molecule has 0 saturated carbocycles. The number of carbonyl (C=O) groups excluding carboxylic acids is 1. The molecule has 0 aliphatic heterocycles. The van der Waals surface area contributed by atoms with E-state index >= 15 is 0 Å². The zero-order valence-corrected chi connectivity index (χ0v) is 11.9. The van der Waals surface area contributed by atoms with E-state index in [9.17, 15) is 9.59 Å². The monoisotopic (exact) mass is 301 g/mol. The summed E-state index contributed by atoms with van der Waals surface area (Å²) in [4.78, 5) is 28.8. The highest BCUT2D eigenvalue weighted by Gasteiger charge is 2.09. The fourth-order valence-electron chi connectivity index (χ4n) is 2.12. The number of aryl methyl sites for hydroxylation is 1. The van der Waals surface area contributed by atoms with Crippen molar-refractivity contribution >= 4 is 34.2 Å². The van der Waals surface area contributed by atoms with Crippen molar-refractivity contribution in [3.63, 3.8) is 0 Å². The predicted molar refractivity (Wildman–Crippen MR) is 83.1 cm³/mol. The topological polar surface area (TPSA) is 77.8 Å². The van der Waals surface area contributed by atoms with Crippen LogP contribution in [-0.4, -0.2) is 15.9 Å². The van der Waals surface area contributed by atoms with Gasteiger partial charge in [0, 0.05) is 16.3 Å². The zero-order chi connectivity index (χ0) is 15.0. The van der Waals surface area contributed by atoms with E-state index in [1.807, 2.05) is 13.0 Å².